The molecule has 416 valence electrons. The fraction of sp³-hybridized carbons (Fsp3) is 0.491. The highest BCUT2D eigenvalue weighted by Crippen LogP contribution is 2.56. The quantitative estimate of drug-likeness (QED) is 0.0730. The molecule has 2 aromatic rings. The Morgan fingerprint density at radius 3 is 1.58 bits per heavy atom. The third-order valence-electron chi connectivity index (χ3n) is 16.2. The van der Waals surface area contributed by atoms with E-state index in [0.717, 1.165) is 5.56 Å². The average Bonchev–Trinajstić information content (AvgIpc) is 3.47. The summed E-state index contributed by atoms with van der Waals surface area (Å²) in [5, 5.41) is 93.6. The van der Waals surface area contributed by atoms with Crippen molar-refractivity contribution < 1.29 is 74.0 Å². The Hall–Kier alpha value is -6.95. The molecule has 0 aliphatic heterocycles. The zero-order chi connectivity index (χ0) is 57.4. The van der Waals surface area contributed by atoms with Crippen LogP contribution in [-0.4, -0.2) is 183 Å². The Balaban J connectivity index is 0.000000224. The van der Waals surface area contributed by atoms with Crippen molar-refractivity contribution >= 4 is 52.2 Å². The molecule has 2 fully saturated rings. The van der Waals surface area contributed by atoms with Gasteiger partial charge in [-0.25, -0.2) is 4.39 Å². The largest absolute Gasteiger partial charge is 0.508 e. The molecule has 2 amide bonds. The number of alkyl halides is 1. The van der Waals surface area contributed by atoms with Gasteiger partial charge >= 0.3 is 0 Å². The van der Waals surface area contributed by atoms with Crippen molar-refractivity contribution in [2.45, 2.75) is 81.8 Å². The van der Waals surface area contributed by atoms with Gasteiger partial charge in [-0.1, -0.05) is 26.0 Å². The Bertz CT molecular complexity index is 3030. The second kappa shape index (κ2) is 21.1. The van der Waals surface area contributed by atoms with E-state index in [1.165, 1.54) is 9.80 Å². The number of nitrogens with zero attached hydrogens (tertiary/aromatic N) is 4. The molecule has 6 aliphatic carbocycles. The number of phenols is 2. The summed E-state index contributed by atoms with van der Waals surface area (Å²) >= 11 is 0. The van der Waals surface area contributed by atoms with Gasteiger partial charge in [-0.05, 0) is 101 Å². The Kier molecular flexibility index (Phi) is 15.8. The SMILES string of the molecule is C=CCN(C)Cc1cc(C(C)C)c2c(c1O)C(O)=C1C(=O)[C@]3(O)C(O)=C(C(N)=O)C(=O)[C@@H](N(C)C)[C@@H]3C[C@@H]1C2.CN(C)c1cc(CNCCF)c(O)c2c1C[C@H]1C[C@H]3[C@@H](N(C)C)C(=O)C(C(N)=O)=C(O)[C@@]3(O)C(=O)C1=C2O. The van der Waals surface area contributed by atoms with E-state index in [1.807, 2.05) is 31.9 Å². The first-order chi connectivity index (χ1) is 36.0. The minimum atomic E-state index is -2.69. The van der Waals surface area contributed by atoms with E-state index in [9.17, 15) is 74.0 Å². The fourth-order valence-electron chi connectivity index (χ4n) is 12.8. The second-order valence-corrected chi connectivity index (χ2v) is 21.9. The first kappa shape index (κ1) is 57.7. The van der Waals surface area contributed by atoms with Gasteiger partial charge in [0.25, 0.3) is 11.8 Å². The molecule has 6 aliphatic rings. The minimum absolute atomic E-state index is 0.00420. The van der Waals surface area contributed by atoms with Gasteiger partial charge in [-0.2, -0.15) is 0 Å². The summed E-state index contributed by atoms with van der Waals surface area (Å²) in [4.78, 5) is 85.2. The molecule has 0 spiro atoms. The predicted octanol–water partition coefficient (Wildman–Crippen LogP) is 1.79. The molecule has 21 nitrogen and oxygen atoms in total. The van der Waals surface area contributed by atoms with Crippen LogP contribution in [0.15, 0.2) is 58.6 Å². The lowest BCUT2D eigenvalue weighted by atomic mass is 9.57. The number of aromatic hydroxyl groups is 2. The molecule has 0 heterocycles. The summed E-state index contributed by atoms with van der Waals surface area (Å²) in [7, 11) is 11.7. The molecule has 0 bridgehead atoms. The number of primary amides is 2. The van der Waals surface area contributed by atoms with E-state index < -0.39 is 123 Å². The number of fused-ring (bicyclic) bond motifs is 6. The number of benzene rings is 2. The minimum Gasteiger partial charge on any atom is -0.508 e. The Labute approximate surface area is 444 Å². The number of carbonyl (C=O) groups is 6. The number of ketones is 4. The van der Waals surface area contributed by atoms with E-state index in [0.29, 0.717) is 41.0 Å². The molecule has 22 heteroatoms. The number of halogens is 1. The normalized spacial score (nSPS) is 26.8. The lowest BCUT2D eigenvalue weighted by Gasteiger charge is -2.50. The van der Waals surface area contributed by atoms with Crippen molar-refractivity contribution in [1.82, 2.24) is 20.0 Å². The zero-order valence-corrected chi connectivity index (χ0v) is 44.7. The maximum Gasteiger partial charge on any atom is 0.255 e. The first-order valence-corrected chi connectivity index (χ1v) is 25.2. The van der Waals surface area contributed by atoms with Crippen molar-refractivity contribution in [2.75, 3.05) is 74.0 Å². The van der Waals surface area contributed by atoms with E-state index in [2.05, 4.69) is 11.9 Å². The van der Waals surface area contributed by atoms with Crippen LogP contribution in [0.3, 0.4) is 0 Å². The molecule has 2 saturated carbocycles. The van der Waals surface area contributed by atoms with Crippen molar-refractivity contribution in [1.29, 1.82) is 0 Å². The number of nitrogens with two attached hydrogens (primary N) is 2. The van der Waals surface area contributed by atoms with Gasteiger partial charge in [0, 0.05) is 80.1 Å². The number of rotatable bonds is 14. The zero-order valence-electron chi connectivity index (χ0n) is 44.7. The highest BCUT2D eigenvalue weighted by atomic mass is 19.1. The number of likely N-dealkylation sites (N-methyl/N-ethyl adjacent to an activating group) is 3. The molecular weight excluding hydrogens is 1000 g/mol. The van der Waals surface area contributed by atoms with Crippen LogP contribution >= 0.6 is 0 Å². The molecule has 8 rings (SSSR count). The highest BCUT2D eigenvalue weighted by molar-refractivity contribution is 6.25. The Morgan fingerprint density at radius 1 is 0.740 bits per heavy atom. The number of Topliss-reactive ketones (excluding diaryl/α,β-unsaturated/α-hetero) is 4. The lowest BCUT2D eigenvalue weighted by Crippen LogP contribution is -2.65. The van der Waals surface area contributed by atoms with Gasteiger partial charge in [0.2, 0.25) is 11.6 Å². The third-order valence-corrected chi connectivity index (χ3v) is 16.2. The van der Waals surface area contributed by atoms with Gasteiger partial charge < -0.3 is 62.5 Å². The van der Waals surface area contributed by atoms with Crippen LogP contribution in [-0.2, 0) is 54.7 Å². The summed E-state index contributed by atoms with van der Waals surface area (Å²) in [5.41, 5.74) is 7.22. The first-order valence-electron chi connectivity index (χ1n) is 25.2. The molecule has 8 atom stereocenters. The molecule has 0 saturated heterocycles. The van der Waals surface area contributed by atoms with E-state index >= 15 is 0 Å². The third kappa shape index (κ3) is 9.07. The maximum atomic E-state index is 14.0. The number of carbonyl (C=O) groups excluding carboxylic acids is 6. The Morgan fingerprint density at radius 2 is 1.18 bits per heavy atom. The van der Waals surface area contributed by atoms with Crippen molar-refractivity contribution in [3.05, 3.63) is 97.5 Å². The molecule has 0 unspecified atom stereocenters. The van der Waals surface area contributed by atoms with Crippen LogP contribution in [0.25, 0.3) is 11.5 Å². The monoisotopic (exact) mass is 1070 g/mol. The van der Waals surface area contributed by atoms with Crippen LogP contribution < -0.4 is 21.7 Å². The summed E-state index contributed by atoms with van der Waals surface area (Å²) in [6.07, 6.45) is 2.27. The fourth-order valence-corrected chi connectivity index (χ4v) is 12.8. The molecule has 0 aromatic heterocycles. The molecular formula is C55H70FN7O14. The highest BCUT2D eigenvalue weighted by Gasteiger charge is 2.66. The van der Waals surface area contributed by atoms with Gasteiger partial charge in [0.15, 0.2) is 22.8 Å². The number of nitrogens with one attached hydrogen (secondary N) is 1. The van der Waals surface area contributed by atoms with Crippen LogP contribution in [0.1, 0.15) is 71.6 Å². The number of aliphatic hydroxyl groups is 6. The van der Waals surface area contributed by atoms with E-state index in [4.69, 9.17) is 11.5 Å². The van der Waals surface area contributed by atoms with Crippen LogP contribution in [0.5, 0.6) is 11.5 Å². The predicted molar refractivity (Wildman–Crippen MR) is 281 cm³/mol. The number of hydrogen-bond donors (Lipinski definition) is 11. The maximum absolute atomic E-state index is 14.0. The van der Waals surface area contributed by atoms with Gasteiger partial charge in [0.05, 0.1) is 23.2 Å². The summed E-state index contributed by atoms with van der Waals surface area (Å²) in [6.45, 7) is 8.19. The van der Waals surface area contributed by atoms with Crippen LogP contribution in [0, 0.1) is 23.7 Å². The molecule has 2 aromatic carbocycles. The topological polar surface area (TPSA) is 341 Å². The van der Waals surface area contributed by atoms with Crippen molar-refractivity contribution in [2.24, 2.45) is 35.1 Å². The number of amides is 2. The standard InChI is InChI=1S/C29H37N3O7.C26H33FN4O7/c1-7-8-32(6)12-15-10-16(13(2)3)17-9-14-11-18-22(31(4)5)25(35)21(28(30)38)27(37)29(18,39)26(36)19(14)24(34)20(17)23(15)33;1-30(2)15-9-12(10-29-6-5-27)20(32)17-13(15)7-11-8-14-19(31(3)4)22(34)18(25(28)37)24(36)26(14,38)23(35)16(11)21(17)33/h7,10,13-14,18,22,33-34,37,39H,1,8-9,11-12H2,2-6H3,(H2,30,38);9,11,14,19,29,32-33,36,38H,5-8,10H2,1-4H3,(H2,28,37)/t14-,18-,22-,29-;11-,14-,19+,26-/m00/s1. The van der Waals surface area contributed by atoms with E-state index in [-0.39, 0.29) is 78.5 Å². The second-order valence-electron chi connectivity index (χ2n) is 21.9. The number of aliphatic hydroxyl groups excluding tert-OH is 4. The molecule has 0 radical (unpaired) electrons. The van der Waals surface area contributed by atoms with Gasteiger partial charge in [-0.3, -0.25) is 43.5 Å². The van der Waals surface area contributed by atoms with Crippen LogP contribution in [0.4, 0.5) is 10.1 Å². The van der Waals surface area contributed by atoms with Gasteiger partial charge in [0.1, 0.15) is 52.4 Å². The summed E-state index contributed by atoms with van der Waals surface area (Å²) in [6, 6.07) is 1.39. The number of anilines is 1. The number of hydrogen-bond acceptors (Lipinski definition) is 19. The van der Waals surface area contributed by atoms with Crippen LogP contribution in [0.2, 0.25) is 0 Å². The smallest absolute Gasteiger partial charge is 0.255 e. The van der Waals surface area contributed by atoms with Crippen molar-refractivity contribution in [3.63, 3.8) is 0 Å². The number of phenolic OH excluding ortho intramolecular Hbond substituents is 2. The molecule has 13 N–H and O–H groups in total. The lowest BCUT2D eigenvalue weighted by molar-refractivity contribution is -0.155. The average molecular weight is 1070 g/mol. The summed E-state index contributed by atoms with van der Waals surface area (Å²) in [5.74, 6) is -13.4. The van der Waals surface area contributed by atoms with E-state index in [1.54, 1.807) is 59.3 Å². The van der Waals surface area contributed by atoms with Crippen molar-refractivity contribution in [3.8, 4) is 11.5 Å². The van der Waals surface area contributed by atoms with Gasteiger partial charge in [-0.15, -0.1) is 6.58 Å². The summed E-state index contributed by atoms with van der Waals surface area (Å²) < 4.78 is 12.6. The molecule has 77 heavy (non-hydrogen) atoms.